The van der Waals surface area contributed by atoms with E-state index >= 15 is 0 Å². The highest BCUT2D eigenvalue weighted by Gasteiger charge is 2.51. The molecule has 2 aromatic heterocycles. The molecule has 20 heteroatoms. The zero-order valence-corrected chi connectivity index (χ0v) is 16.1. The van der Waals surface area contributed by atoms with Crippen LogP contribution in [0.5, 0.6) is 0 Å². The van der Waals surface area contributed by atoms with E-state index in [-0.39, 0.29) is 0 Å². The first-order chi connectivity index (χ1) is 16.3. The van der Waals surface area contributed by atoms with Crippen LogP contribution in [0.2, 0.25) is 0 Å². The Labute approximate surface area is 188 Å². The standard InChI is InChI=1S/C16F12N8/c1-30-36-8-6-4(32-9(13(17,18)19)11(34-6)15(23,24)25)3(31-2-29)5-7(8)35-12(16(26,27)28)10(33-5)14(20,21)22. The van der Waals surface area contributed by atoms with Crippen molar-refractivity contribution in [2.24, 2.45) is 10.1 Å². The van der Waals surface area contributed by atoms with Gasteiger partial charge in [0.15, 0.2) is 22.8 Å². The molecule has 1 aliphatic carbocycles. The number of halogens is 12. The summed E-state index contributed by atoms with van der Waals surface area (Å²) in [5.41, 5.74) is -19.6. The number of hydrogen-bond donors (Lipinski definition) is 0. The molecule has 0 saturated heterocycles. The van der Waals surface area contributed by atoms with E-state index in [0.717, 1.165) is 6.19 Å². The minimum Gasteiger partial charge on any atom is -0.237 e. The topological polar surface area (TPSA) is 104 Å². The van der Waals surface area contributed by atoms with E-state index in [4.69, 9.17) is 11.8 Å². The molecule has 0 spiro atoms. The lowest BCUT2D eigenvalue weighted by atomic mass is 9.94. The molecule has 0 bridgehead atoms. The van der Waals surface area contributed by atoms with Crippen molar-refractivity contribution in [3.63, 3.8) is 0 Å². The maximum Gasteiger partial charge on any atom is 0.435 e. The molecule has 0 amide bonds. The van der Waals surface area contributed by atoms with Gasteiger partial charge in [-0.1, -0.05) is 0 Å². The van der Waals surface area contributed by atoms with Gasteiger partial charge in [0.2, 0.25) is 11.9 Å². The average molecular weight is 532 g/mol. The highest BCUT2D eigenvalue weighted by atomic mass is 19.4. The summed E-state index contributed by atoms with van der Waals surface area (Å²) in [6.07, 6.45) is -22.6. The Kier molecular flexibility index (Phi) is 5.91. The molecule has 0 unspecified atom stereocenters. The Bertz CT molecular complexity index is 1200. The zero-order chi connectivity index (χ0) is 27.4. The van der Waals surface area contributed by atoms with E-state index in [0.29, 0.717) is 0 Å². The molecule has 8 nitrogen and oxygen atoms in total. The van der Waals surface area contributed by atoms with Crippen molar-refractivity contribution in [2.45, 2.75) is 24.7 Å². The molecular formula is C16F12N8. The normalized spacial score (nSPS) is 13.9. The minimum atomic E-state index is -5.87. The highest BCUT2D eigenvalue weighted by Crippen LogP contribution is 2.42. The maximum atomic E-state index is 13.3. The largest absolute Gasteiger partial charge is 0.435 e. The van der Waals surface area contributed by atoms with Crippen molar-refractivity contribution in [1.82, 2.24) is 19.9 Å². The number of rotatable bonds is 0. The van der Waals surface area contributed by atoms with Crippen LogP contribution in [0.25, 0.3) is 4.95 Å². The first-order valence-electron chi connectivity index (χ1n) is 8.37. The lowest BCUT2D eigenvalue weighted by Gasteiger charge is -2.23. The van der Waals surface area contributed by atoms with Crippen LogP contribution in [0.4, 0.5) is 52.7 Å². The average Bonchev–Trinajstić information content (AvgIpc) is 2.71. The second kappa shape index (κ2) is 8.10. The summed E-state index contributed by atoms with van der Waals surface area (Å²) in [4.78, 5) is 16.0. The summed E-state index contributed by atoms with van der Waals surface area (Å²) in [7, 11) is 0. The quantitative estimate of drug-likeness (QED) is 0.182. The monoisotopic (exact) mass is 532 g/mol. The molecule has 1 aliphatic rings. The van der Waals surface area contributed by atoms with E-state index < -0.39 is 81.7 Å². The van der Waals surface area contributed by atoms with Crippen molar-refractivity contribution < 1.29 is 52.7 Å². The molecule has 2 heterocycles. The molecule has 36 heavy (non-hydrogen) atoms. The third kappa shape index (κ3) is 4.48. The Morgan fingerprint density at radius 2 is 0.861 bits per heavy atom. The van der Waals surface area contributed by atoms with Gasteiger partial charge in [0.05, 0.1) is 5.10 Å². The van der Waals surface area contributed by atoms with Gasteiger partial charge >= 0.3 is 24.7 Å². The van der Waals surface area contributed by atoms with Gasteiger partial charge in [-0.2, -0.15) is 69.5 Å². The van der Waals surface area contributed by atoms with Gasteiger partial charge < -0.3 is 0 Å². The molecule has 0 fully saturated rings. The van der Waals surface area contributed by atoms with Gasteiger partial charge in [-0.25, -0.2) is 19.9 Å². The van der Waals surface area contributed by atoms with Crippen LogP contribution < -0.4 is 0 Å². The van der Waals surface area contributed by atoms with Gasteiger partial charge in [-0.05, 0) is 0 Å². The van der Waals surface area contributed by atoms with Gasteiger partial charge in [-0.3, -0.25) is 0 Å². The maximum absolute atomic E-state index is 13.3. The van der Waals surface area contributed by atoms with E-state index in [2.05, 4.69) is 35.0 Å². The molecular weight excluding hydrogens is 532 g/mol. The molecule has 2 aromatic rings. The van der Waals surface area contributed by atoms with Crippen molar-refractivity contribution in [2.75, 3.05) is 0 Å². The van der Waals surface area contributed by atoms with E-state index in [1.807, 2.05) is 0 Å². The highest BCUT2D eigenvalue weighted by molar-refractivity contribution is 6.29. The number of nitrogens with zero attached hydrogens (tertiary/aromatic N) is 8. The number of fused-ring (bicyclic) bond motifs is 2. The fourth-order valence-electron chi connectivity index (χ4n) is 2.85. The van der Waals surface area contributed by atoms with Crippen LogP contribution in [0.15, 0.2) is 10.1 Å². The predicted octanol–water partition coefficient (Wildman–Crippen LogP) is 4.65. The SMILES string of the molecule is [C-]#[N+]N=C1c2nc(C(F)(F)F)c(C(F)(F)F)nc2C(=NC#N)c2nc(C(F)(F)F)c(C(F)(F)F)nc21. The molecule has 188 valence electrons. The van der Waals surface area contributed by atoms with Crippen LogP contribution in [0.1, 0.15) is 45.6 Å². The molecule has 0 N–H and O–H groups in total. The number of nitriles is 1. The van der Waals surface area contributed by atoms with Gasteiger partial charge in [0.1, 0.15) is 28.5 Å². The number of aliphatic imine (C=N–C) groups is 1. The smallest absolute Gasteiger partial charge is 0.237 e. The van der Waals surface area contributed by atoms with Crippen molar-refractivity contribution >= 4 is 11.4 Å². The Morgan fingerprint density at radius 1 is 0.583 bits per heavy atom. The van der Waals surface area contributed by atoms with Gasteiger partial charge in [0.25, 0.3) is 0 Å². The van der Waals surface area contributed by atoms with Gasteiger partial charge in [0, 0.05) is 0 Å². The fraction of sp³-hybridized carbons (Fsp3) is 0.250. The number of hydrogen-bond acceptors (Lipinski definition) is 7. The molecule has 0 saturated carbocycles. The summed E-state index contributed by atoms with van der Waals surface area (Å²) in [5.74, 6) is 0. The van der Waals surface area contributed by atoms with Crippen LogP contribution in [-0.2, 0) is 24.7 Å². The Balaban J connectivity index is 2.59. The first-order valence-corrected chi connectivity index (χ1v) is 8.37. The summed E-state index contributed by atoms with van der Waals surface area (Å²) >= 11 is 0. The fourth-order valence-corrected chi connectivity index (χ4v) is 2.85. The first kappa shape index (κ1) is 26.2. The zero-order valence-electron chi connectivity index (χ0n) is 16.1. The molecule has 3 rings (SSSR count). The molecule has 0 aliphatic heterocycles. The second-order valence-electron chi connectivity index (χ2n) is 6.34. The van der Waals surface area contributed by atoms with Crippen LogP contribution in [0.3, 0.4) is 0 Å². The molecule has 0 radical (unpaired) electrons. The van der Waals surface area contributed by atoms with Gasteiger partial charge in [-0.15, -0.1) is 4.95 Å². The van der Waals surface area contributed by atoms with Crippen LogP contribution >= 0.6 is 0 Å². The van der Waals surface area contributed by atoms with Crippen molar-refractivity contribution in [1.29, 1.82) is 5.26 Å². The van der Waals surface area contributed by atoms with E-state index in [9.17, 15) is 52.7 Å². The summed E-state index contributed by atoms with van der Waals surface area (Å²) in [5, 5.41) is 11.7. The predicted molar refractivity (Wildman–Crippen MR) is 87.6 cm³/mol. The lowest BCUT2D eigenvalue weighted by Crippen LogP contribution is -2.34. The van der Waals surface area contributed by atoms with Crippen LogP contribution in [-0.4, -0.2) is 31.4 Å². The minimum absolute atomic E-state index is 0.917. The number of alkyl halides is 12. The molecule has 0 atom stereocenters. The molecule has 0 aromatic carbocycles. The lowest BCUT2D eigenvalue weighted by molar-refractivity contribution is -0.167. The number of aromatic nitrogens is 4. The van der Waals surface area contributed by atoms with Crippen molar-refractivity contribution in [3.05, 3.63) is 57.1 Å². The Morgan fingerprint density at radius 3 is 1.08 bits per heavy atom. The van der Waals surface area contributed by atoms with E-state index in [1.165, 1.54) is 0 Å². The summed E-state index contributed by atoms with van der Waals surface area (Å²) in [6.45, 7) is 6.74. The third-order valence-electron chi connectivity index (χ3n) is 4.07. The summed E-state index contributed by atoms with van der Waals surface area (Å²) in [6, 6.07) is 0. The third-order valence-corrected chi connectivity index (χ3v) is 4.07. The van der Waals surface area contributed by atoms with E-state index in [1.54, 1.807) is 0 Å². The summed E-state index contributed by atoms with van der Waals surface area (Å²) < 4.78 is 160. The van der Waals surface area contributed by atoms with Crippen LogP contribution in [0, 0.1) is 18.0 Å². The second-order valence-corrected chi connectivity index (χ2v) is 6.34. The Hall–Kier alpha value is -4.36. The van der Waals surface area contributed by atoms with Crippen molar-refractivity contribution in [3.8, 4) is 6.19 Å².